The molecule has 0 unspecified atom stereocenters. The summed E-state index contributed by atoms with van der Waals surface area (Å²) in [6.07, 6.45) is 4.62. The summed E-state index contributed by atoms with van der Waals surface area (Å²) in [7, 11) is 0. The monoisotopic (exact) mass is 404 g/mol. The van der Waals surface area contributed by atoms with Crippen LogP contribution in [0.2, 0.25) is 0 Å². The van der Waals surface area contributed by atoms with Crippen molar-refractivity contribution in [2.45, 2.75) is 19.9 Å². The molecular formula is C22H21FN6O. The van der Waals surface area contributed by atoms with Gasteiger partial charge in [-0.2, -0.15) is 5.10 Å². The number of halogens is 1. The second kappa shape index (κ2) is 7.46. The molecule has 30 heavy (non-hydrogen) atoms. The molecule has 0 saturated carbocycles. The molecule has 0 aromatic carbocycles. The molecule has 1 atom stereocenters. The number of ether oxygens (including phenoxy) is 1. The number of hydrogen-bond donors (Lipinski definition) is 1. The van der Waals surface area contributed by atoms with E-state index in [1.54, 1.807) is 18.5 Å². The Morgan fingerprint density at radius 2 is 2.10 bits per heavy atom. The average molecular weight is 404 g/mol. The fourth-order valence-corrected chi connectivity index (χ4v) is 3.97. The molecule has 0 bridgehead atoms. The molecule has 0 spiro atoms. The van der Waals surface area contributed by atoms with Gasteiger partial charge in [0.15, 0.2) is 5.82 Å². The van der Waals surface area contributed by atoms with Gasteiger partial charge in [-0.1, -0.05) is 6.07 Å². The van der Waals surface area contributed by atoms with Crippen LogP contribution in [0.5, 0.6) is 0 Å². The first-order valence-corrected chi connectivity index (χ1v) is 9.89. The summed E-state index contributed by atoms with van der Waals surface area (Å²) in [6.45, 7) is 5.98. The Kier molecular flexibility index (Phi) is 4.63. The number of pyridine rings is 3. The molecule has 0 radical (unpaired) electrons. The van der Waals surface area contributed by atoms with Crippen LogP contribution in [0.15, 0.2) is 42.9 Å². The van der Waals surface area contributed by atoms with Crippen molar-refractivity contribution in [2.75, 3.05) is 24.7 Å². The molecule has 0 amide bonds. The summed E-state index contributed by atoms with van der Waals surface area (Å²) in [5, 5.41) is 7.37. The number of aryl methyl sites for hydroxylation is 1. The second-order valence-electron chi connectivity index (χ2n) is 7.43. The minimum absolute atomic E-state index is 0.156. The minimum atomic E-state index is -0.416. The van der Waals surface area contributed by atoms with E-state index in [0.717, 1.165) is 22.6 Å². The van der Waals surface area contributed by atoms with E-state index in [-0.39, 0.29) is 6.04 Å². The van der Waals surface area contributed by atoms with Gasteiger partial charge < -0.3 is 9.64 Å². The normalized spacial score (nSPS) is 16.9. The third kappa shape index (κ3) is 3.09. The Morgan fingerprint density at radius 1 is 1.20 bits per heavy atom. The second-order valence-corrected chi connectivity index (χ2v) is 7.43. The van der Waals surface area contributed by atoms with Crippen molar-refractivity contribution in [2.24, 2.45) is 0 Å². The molecule has 5 heterocycles. The van der Waals surface area contributed by atoms with Gasteiger partial charge in [0.25, 0.3) is 0 Å². The van der Waals surface area contributed by atoms with Gasteiger partial charge in [-0.05, 0) is 37.6 Å². The van der Waals surface area contributed by atoms with Crippen molar-refractivity contribution in [1.29, 1.82) is 0 Å². The van der Waals surface area contributed by atoms with E-state index in [1.807, 2.05) is 25.1 Å². The van der Waals surface area contributed by atoms with Crippen molar-refractivity contribution in [1.82, 2.24) is 25.1 Å². The zero-order valence-corrected chi connectivity index (χ0v) is 16.8. The summed E-state index contributed by atoms with van der Waals surface area (Å²) >= 11 is 0. The van der Waals surface area contributed by atoms with Gasteiger partial charge in [0.1, 0.15) is 17.0 Å². The number of nitrogens with zero attached hydrogens (tertiary/aromatic N) is 5. The van der Waals surface area contributed by atoms with Gasteiger partial charge >= 0.3 is 0 Å². The Balaban J connectivity index is 1.85. The van der Waals surface area contributed by atoms with Gasteiger partial charge in [-0.3, -0.25) is 10.1 Å². The lowest BCUT2D eigenvalue weighted by Gasteiger charge is -2.34. The highest BCUT2D eigenvalue weighted by atomic mass is 19.1. The SMILES string of the molecule is Cc1ncccc1-c1cc(N2CCOC[C@H]2C)nc2c(-c3ccn[nH]3)ncc(F)c12. The molecule has 1 saturated heterocycles. The van der Waals surface area contributed by atoms with Gasteiger partial charge in [0.05, 0.1) is 31.1 Å². The van der Waals surface area contributed by atoms with Gasteiger partial charge in [-0.25, -0.2) is 14.4 Å². The first-order chi connectivity index (χ1) is 14.6. The topological polar surface area (TPSA) is 79.8 Å². The van der Waals surface area contributed by atoms with E-state index in [2.05, 4.69) is 32.0 Å². The molecule has 1 fully saturated rings. The maximum Gasteiger partial charge on any atom is 0.151 e. The van der Waals surface area contributed by atoms with E-state index in [9.17, 15) is 0 Å². The van der Waals surface area contributed by atoms with Crippen molar-refractivity contribution in [3.05, 3.63) is 54.4 Å². The molecule has 1 N–H and O–H groups in total. The van der Waals surface area contributed by atoms with Crippen LogP contribution < -0.4 is 4.90 Å². The van der Waals surface area contributed by atoms with Crippen LogP contribution in [-0.2, 0) is 4.74 Å². The first-order valence-electron chi connectivity index (χ1n) is 9.89. The Morgan fingerprint density at radius 3 is 2.87 bits per heavy atom. The smallest absolute Gasteiger partial charge is 0.151 e. The average Bonchev–Trinajstić information content (AvgIpc) is 3.29. The summed E-state index contributed by atoms with van der Waals surface area (Å²) in [5.41, 5.74) is 4.19. The van der Waals surface area contributed by atoms with E-state index in [4.69, 9.17) is 9.72 Å². The summed E-state index contributed by atoms with van der Waals surface area (Å²) < 4.78 is 20.7. The summed E-state index contributed by atoms with van der Waals surface area (Å²) in [6, 6.07) is 7.73. The Bertz CT molecular complexity index is 1210. The number of aromatic nitrogens is 5. The number of aromatic amines is 1. The van der Waals surface area contributed by atoms with Crippen LogP contribution in [0, 0.1) is 12.7 Å². The van der Waals surface area contributed by atoms with E-state index >= 15 is 4.39 Å². The highest BCUT2D eigenvalue weighted by Crippen LogP contribution is 2.37. The predicted octanol–water partition coefficient (Wildman–Crippen LogP) is 3.75. The predicted molar refractivity (Wildman–Crippen MR) is 113 cm³/mol. The molecule has 0 aliphatic carbocycles. The minimum Gasteiger partial charge on any atom is -0.377 e. The number of anilines is 1. The van der Waals surface area contributed by atoms with Crippen molar-refractivity contribution in [3.63, 3.8) is 0 Å². The lowest BCUT2D eigenvalue weighted by Crippen LogP contribution is -2.44. The molecule has 152 valence electrons. The zero-order valence-electron chi connectivity index (χ0n) is 16.8. The quantitative estimate of drug-likeness (QED) is 0.560. The molecule has 4 aromatic heterocycles. The number of morpholine rings is 1. The Hall–Kier alpha value is -3.39. The number of rotatable bonds is 3. The van der Waals surface area contributed by atoms with E-state index in [1.165, 1.54) is 6.20 Å². The number of hydrogen-bond acceptors (Lipinski definition) is 6. The fraction of sp³-hybridized carbons (Fsp3) is 0.273. The summed E-state index contributed by atoms with van der Waals surface area (Å²) in [5.74, 6) is 0.352. The molecule has 1 aliphatic heterocycles. The third-order valence-corrected chi connectivity index (χ3v) is 5.49. The van der Waals surface area contributed by atoms with Crippen molar-refractivity contribution in [3.8, 4) is 22.5 Å². The molecule has 4 aromatic rings. The fourth-order valence-electron chi connectivity index (χ4n) is 3.97. The number of H-pyrrole nitrogens is 1. The number of nitrogens with one attached hydrogen (secondary N) is 1. The molecular weight excluding hydrogens is 383 g/mol. The molecule has 7 nitrogen and oxygen atoms in total. The standard InChI is InChI=1S/C22H21FN6O/c1-13-12-30-9-8-29(13)19-10-16(15-4-3-6-24-14(15)2)20-17(23)11-25-21(22(20)27-19)18-5-7-26-28-18/h3-7,10-11,13H,8-9,12H2,1-2H3,(H,26,28)/t13-/m1/s1. The molecule has 8 heteroatoms. The van der Waals surface area contributed by atoms with Crippen molar-refractivity contribution < 1.29 is 9.13 Å². The zero-order chi connectivity index (χ0) is 20.7. The molecule has 5 rings (SSSR count). The summed E-state index contributed by atoms with van der Waals surface area (Å²) in [4.78, 5) is 15.8. The van der Waals surface area contributed by atoms with Gasteiger partial charge in [0.2, 0.25) is 0 Å². The lowest BCUT2D eigenvalue weighted by molar-refractivity contribution is 0.0986. The van der Waals surface area contributed by atoms with E-state index < -0.39 is 5.82 Å². The maximum absolute atomic E-state index is 15.2. The third-order valence-electron chi connectivity index (χ3n) is 5.49. The van der Waals surface area contributed by atoms with Crippen LogP contribution in [0.25, 0.3) is 33.4 Å². The van der Waals surface area contributed by atoms with Crippen LogP contribution in [0.4, 0.5) is 10.2 Å². The van der Waals surface area contributed by atoms with Gasteiger partial charge in [0, 0.05) is 35.6 Å². The highest BCUT2D eigenvalue weighted by Gasteiger charge is 2.24. The first kappa shape index (κ1) is 18.6. The maximum atomic E-state index is 15.2. The number of fused-ring (bicyclic) bond motifs is 1. The van der Waals surface area contributed by atoms with Crippen molar-refractivity contribution >= 4 is 16.7 Å². The van der Waals surface area contributed by atoms with Gasteiger partial charge in [-0.15, -0.1) is 0 Å². The largest absolute Gasteiger partial charge is 0.377 e. The lowest BCUT2D eigenvalue weighted by atomic mass is 9.98. The van der Waals surface area contributed by atoms with Crippen LogP contribution in [-0.4, -0.2) is 50.9 Å². The van der Waals surface area contributed by atoms with E-state index in [0.29, 0.717) is 42.0 Å². The van der Waals surface area contributed by atoms with Crippen LogP contribution in [0.1, 0.15) is 12.6 Å². The Labute approximate surface area is 173 Å². The van der Waals surface area contributed by atoms with Crippen LogP contribution in [0.3, 0.4) is 0 Å². The molecule has 1 aliphatic rings. The van der Waals surface area contributed by atoms with Crippen LogP contribution >= 0.6 is 0 Å². The highest BCUT2D eigenvalue weighted by molar-refractivity contribution is 6.02.